The number of carbonyl (C=O) groups excluding carboxylic acids is 1. The number of benzene rings is 2. The maximum atomic E-state index is 13.3. The largest absolute Gasteiger partial charge is 0.310 e. The van der Waals surface area contributed by atoms with Crippen molar-refractivity contribution >= 4 is 23.4 Å². The van der Waals surface area contributed by atoms with E-state index in [-0.39, 0.29) is 18.9 Å². The van der Waals surface area contributed by atoms with Gasteiger partial charge in [0.25, 0.3) is 0 Å². The second-order valence-corrected chi connectivity index (χ2v) is 6.48. The zero-order valence-electron chi connectivity index (χ0n) is 13.1. The highest BCUT2D eigenvalue weighted by molar-refractivity contribution is 8.00. The van der Waals surface area contributed by atoms with E-state index in [1.165, 1.54) is 6.07 Å². The van der Waals surface area contributed by atoms with E-state index in [2.05, 4.69) is 0 Å². The van der Waals surface area contributed by atoms with Crippen LogP contribution in [0.25, 0.3) is 0 Å². The molecular weight excluding hydrogens is 330 g/mol. The van der Waals surface area contributed by atoms with E-state index in [0.29, 0.717) is 10.6 Å². The van der Waals surface area contributed by atoms with Crippen molar-refractivity contribution < 1.29 is 13.6 Å². The molecule has 0 radical (unpaired) electrons. The molecule has 2 rings (SSSR count). The minimum Gasteiger partial charge on any atom is -0.310 e. The fraction of sp³-hybridized carbons (Fsp3) is 0.222. The molecule has 124 valence electrons. The zero-order chi connectivity index (χ0) is 17.5. The van der Waals surface area contributed by atoms with E-state index < -0.39 is 16.9 Å². The Balaban J connectivity index is 2.15. The van der Waals surface area contributed by atoms with Crippen LogP contribution >= 0.6 is 11.8 Å². The van der Waals surface area contributed by atoms with Crippen molar-refractivity contribution in [2.75, 3.05) is 11.4 Å². The topological polar surface area (TPSA) is 44.1 Å². The first-order chi connectivity index (χ1) is 11.5. The van der Waals surface area contributed by atoms with Crippen LogP contribution in [0, 0.1) is 23.0 Å². The van der Waals surface area contributed by atoms with Crippen LogP contribution in [-0.4, -0.2) is 17.7 Å². The molecule has 24 heavy (non-hydrogen) atoms. The third kappa shape index (κ3) is 4.56. The lowest BCUT2D eigenvalue weighted by atomic mass is 10.2. The molecule has 1 amide bonds. The van der Waals surface area contributed by atoms with Crippen molar-refractivity contribution in [3.8, 4) is 6.07 Å². The van der Waals surface area contributed by atoms with Crippen LogP contribution in [0.3, 0.4) is 0 Å². The summed E-state index contributed by atoms with van der Waals surface area (Å²) in [6, 6.07) is 14.7. The number of thioether (sulfide) groups is 1. The maximum Gasteiger partial charge on any atom is 0.240 e. The molecule has 0 spiro atoms. The van der Waals surface area contributed by atoms with E-state index in [1.54, 1.807) is 24.0 Å². The van der Waals surface area contributed by atoms with Crippen LogP contribution < -0.4 is 4.90 Å². The summed E-state index contributed by atoms with van der Waals surface area (Å²) in [5.74, 6) is -2.05. The van der Waals surface area contributed by atoms with Gasteiger partial charge in [0.1, 0.15) is 0 Å². The lowest BCUT2D eigenvalue weighted by molar-refractivity contribution is -0.117. The first-order valence-corrected chi connectivity index (χ1v) is 8.26. The van der Waals surface area contributed by atoms with Crippen LogP contribution in [0.2, 0.25) is 0 Å². The van der Waals surface area contributed by atoms with Gasteiger partial charge in [0, 0.05) is 17.1 Å². The summed E-state index contributed by atoms with van der Waals surface area (Å²) in [7, 11) is 0. The second-order valence-electron chi connectivity index (χ2n) is 5.07. The van der Waals surface area contributed by atoms with Gasteiger partial charge in [-0.15, -0.1) is 11.8 Å². The normalized spacial score (nSPS) is 11.6. The molecule has 0 fully saturated rings. The molecule has 2 aromatic rings. The Bertz CT molecular complexity index is 746. The number of rotatable bonds is 6. The maximum absolute atomic E-state index is 13.3. The van der Waals surface area contributed by atoms with Gasteiger partial charge in [0.2, 0.25) is 5.91 Å². The Labute approximate surface area is 143 Å². The molecule has 0 aliphatic carbocycles. The van der Waals surface area contributed by atoms with Gasteiger partial charge in [0.05, 0.1) is 17.7 Å². The number of hydrogen-bond donors (Lipinski definition) is 0. The molecular formula is C18H16F2N2OS. The van der Waals surface area contributed by atoms with Crippen molar-refractivity contribution in [2.45, 2.75) is 23.5 Å². The van der Waals surface area contributed by atoms with Gasteiger partial charge in [-0.3, -0.25) is 4.79 Å². The minimum absolute atomic E-state index is 0.189. The summed E-state index contributed by atoms with van der Waals surface area (Å²) in [5, 5.41) is 8.30. The first-order valence-electron chi connectivity index (χ1n) is 7.38. The Kier molecular flexibility index (Phi) is 6.33. The zero-order valence-corrected chi connectivity index (χ0v) is 13.9. The van der Waals surface area contributed by atoms with Crippen LogP contribution in [0.4, 0.5) is 14.5 Å². The predicted molar refractivity (Wildman–Crippen MR) is 90.7 cm³/mol. The highest BCUT2D eigenvalue weighted by atomic mass is 32.2. The van der Waals surface area contributed by atoms with Gasteiger partial charge in [-0.1, -0.05) is 18.2 Å². The smallest absolute Gasteiger partial charge is 0.240 e. The molecule has 0 bridgehead atoms. The van der Waals surface area contributed by atoms with Crippen molar-refractivity contribution in [3.05, 3.63) is 60.2 Å². The minimum atomic E-state index is -0.941. The van der Waals surface area contributed by atoms with Crippen LogP contribution in [0.5, 0.6) is 0 Å². The third-order valence-electron chi connectivity index (χ3n) is 3.33. The van der Waals surface area contributed by atoms with Crippen LogP contribution in [-0.2, 0) is 4.79 Å². The number of anilines is 1. The number of nitriles is 1. The van der Waals surface area contributed by atoms with Crippen molar-refractivity contribution in [3.63, 3.8) is 0 Å². The summed E-state index contributed by atoms with van der Waals surface area (Å²) in [5.41, 5.74) is 0.704. The number of amides is 1. The van der Waals surface area contributed by atoms with Gasteiger partial charge in [-0.2, -0.15) is 5.26 Å². The van der Waals surface area contributed by atoms with Gasteiger partial charge < -0.3 is 4.90 Å². The SMILES string of the molecule is C[C@@H](Sc1ccc(F)c(F)c1)C(=O)N(CCC#N)c1ccccc1. The van der Waals surface area contributed by atoms with E-state index in [4.69, 9.17) is 5.26 Å². The highest BCUT2D eigenvalue weighted by Gasteiger charge is 2.23. The molecule has 6 heteroatoms. The Morgan fingerprint density at radius 3 is 2.54 bits per heavy atom. The molecule has 0 aromatic heterocycles. The lowest BCUT2D eigenvalue weighted by Gasteiger charge is -2.25. The monoisotopic (exact) mass is 346 g/mol. The summed E-state index contributed by atoms with van der Waals surface area (Å²) in [6.45, 7) is 1.98. The van der Waals surface area contributed by atoms with E-state index >= 15 is 0 Å². The molecule has 0 heterocycles. The fourth-order valence-electron chi connectivity index (χ4n) is 2.16. The molecule has 0 unspecified atom stereocenters. The van der Waals surface area contributed by atoms with Gasteiger partial charge in [-0.25, -0.2) is 8.78 Å². The average molecular weight is 346 g/mol. The molecule has 2 aromatic carbocycles. The molecule has 0 saturated heterocycles. The molecule has 1 atom stereocenters. The molecule has 0 aliphatic rings. The van der Waals surface area contributed by atoms with E-state index in [9.17, 15) is 13.6 Å². The van der Waals surface area contributed by atoms with Gasteiger partial charge >= 0.3 is 0 Å². The van der Waals surface area contributed by atoms with Gasteiger partial charge in [-0.05, 0) is 37.3 Å². The van der Waals surface area contributed by atoms with Crippen molar-refractivity contribution in [1.82, 2.24) is 0 Å². The highest BCUT2D eigenvalue weighted by Crippen LogP contribution is 2.27. The summed E-state index contributed by atoms with van der Waals surface area (Å²) < 4.78 is 26.3. The predicted octanol–water partition coefficient (Wildman–Crippen LogP) is 4.39. The molecule has 0 aliphatic heterocycles. The van der Waals surface area contributed by atoms with E-state index in [1.807, 2.05) is 24.3 Å². The quantitative estimate of drug-likeness (QED) is 0.729. The van der Waals surface area contributed by atoms with Crippen molar-refractivity contribution in [2.24, 2.45) is 0 Å². The molecule has 0 saturated carbocycles. The second kappa shape index (κ2) is 8.46. The standard InChI is InChI=1S/C18H16F2N2OS/c1-13(24-15-8-9-16(19)17(20)12-15)18(23)22(11-5-10-21)14-6-3-2-4-7-14/h2-4,6-9,12-13H,5,11H2,1H3/t13-/m1/s1. The molecule has 0 N–H and O–H groups in total. The Morgan fingerprint density at radius 1 is 1.21 bits per heavy atom. The summed E-state index contributed by atoms with van der Waals surface area (Å²) >= 11 is 1.15. The van der Waals surface area contributed by atoms with Gasteiger partial charge in [0.15, 0.2) is 11.6 Å². The number of carbonyl (C=O) groups is 1. The van der Waals surface area contributed by atoms with Crippen LogP contribution in [0.1, 0.15) is 13.3 Å². The van der Waals surface area contributed by atoms with E-state index in [0.717, 1.165) is 23.9 Å². The number of para-hydroxylation sites is 1. The Morgan fingerprint density at radius 2 is 1.92 bits per heavy atom. The number of nitrogens with zero attached hydrogens (tertiary/aromatic N) is 2. The number of hydrogen-bond acceptors (Lipinski definition) is 3. The Hall–Kier alpha value is -2.39. The lowest BCUT2D eigenvalue weighted by Crippen LogP contribution is -2.37. The third-order valence-corrected chi connectivity index (χ3v) is 4.41. The van der Waals surface area contributed by atoms with Crippen LogP contribution in [0.15, 0.2) is 53.4 Å². The fourth-order valence-corrected chi connectivity index (χ4v) is 3.11. The average Bonchev–Trinajstić information content (AvgIpc) is 2.59. The summed E-state index contributed by atoms with van der Waals surface area (Å²) in [6.07, 6.45) is 0.212. The first kappa shape index (κ1) is 18.0. The number of halogens is 2. The summed E-state index contributed by atoms with van der Waals surface area (Å²) in [4.78, 5) is 14.8. The molecule has 3 nitrogen and oxygen atoms in total. The van der Waals surface area contributed by atoms with Crippen molar-refractivity contribution in [1.29, 1.82) is 5.26 Å².